The van der Waals surface area contributed by atoms with Crippen LogP contribution in [0.5, 0.6) is 0 Å². The van der Waals surface area contributed by atoms with Crippen molar-refractivity contribution in [2.45, 2.75) is 64.8 Å². The first-order valence-electron chi connectivity index (χ1n) is 8.11. The summed E-state index contributed by atoms with van der Waals surface area (Å²) in [6.45, 7) is 7.29. The lowest BCUT2D eigenvalue weighted by Gasteiger charge is -2.35. The van der Waals surface area contributed by atoms with E-state index >= 15 is 0 Å². The fourth-order valence-corrected chi connectivity index (χ4v) is 3.32. The van der Waals surface area contributed by atoms with Crippen LogP contribution in [-0.4, -0.2) is 12.5 Å². The van der Waals surface area contributed by atoms with Gasteiger partial charge >= 0.3 is 0 Å². The number of alkyl halides is 2. The molecule has 1 nitrogen and oxygen atoms in total. The van der Waals surface area contributed by atoms with Gasteiger partial charge in [0, 0.05) is 18.9 Å². The summed E-state index contributed by atoms with van der Waals surface area (Å²) in [5.74, 6) is -2.13. The van der Waals surface area contributed by atoms with E-state index in [0.29, 0.717) is 18.8 Å². The van der Waals surface area contributed by atoms with E-state index in [1.54, 1.807) is 0 Å². The Morgan fingerprint density at radius 1 is 1.24 bits per heavy atom. The lowest BCUT2D eigenvalue weighted by Crippen LogP contribution is -2.34. The van der Waals surface area contributed by atoms with Gasteiger partial charge in [-0.2, -0.15) is 0 Å². The molecule has 0 aliphatic heterocycles. The van der Waals surface area contributed by atoms with E-state index in [0.717, 1.165) is 13.0 Å². The van der Waals surface area contributed by atoms with Gasteiger partial charge in [-0.25, -0.2) is 8.78 Å². The predicted octanol–water partition coefficient (Wildman–Crippen LogP) is 5.17. The summed E-state index contributed by atoms with van der Waals surface area (Å²) < 4.78 is 26.8. The van der Waals surface area contributed by atoms with E-state index in [1.165, 1.54) is 16.7 Å². The summed E-state index contributed by atoms with van der Waals surface area (Å²) in [5.41, 5.74) is 3.78. The maximum Gasteiger partial charge on any atom is 0.248 e. The highest BCUT2D eigenvalue weighted by molar-refractivity contribution is 5.33. The average Bonchev–Trinajstić information content (AvgIpc) is 2.44. The molecule has 0 saturated heterocycles. The van der Waals surface area contributed by atoms with Crippen LogP contribution in [0.3, 0.4) is 0 Å². The number of halogens is 2. The van der Waals surface area contributed by atoms with Gasteiger partial charge in [0.1, 0.15) is 0 Å². The molecular formula is C18H27F2N. The number of aryl methyl sites for hydroxylation is 2. The van der Waals surface area contributed by atoms with Crippen molar-refractivity contribution < 1.29 is 8.78 Å². The highest BCUT2D eigenvalue weighted by atomic mass is 19.3. The first-order chi connectivity index (χ1) is 9.93. The molecule has 0 aromatic heterocycles. The Morgan fingerprint density at radius 3 is 2.52 bits per heavy atom. The molecule has 1 aliphatic rings. The second kappa shape index (κ2) is 6.87. The molecule has 0 amide bonds. The van der Waals surface area contributed by atoms with E-state index in [1.807, 2.05) is 0 Å². The zero-order valence-electron chi connectivity index (χ0n) is 13.4. The van der Waals surface area contributed by atoms with Crippen LogP contribution in [0.1, 0.15) is 61.8 Å². The molecule has 0 spiro atoms. The van der Waals surface area contributed by atoms with Crippen molar-refractivity contribution in [1.29, 1.82) is 0 Å². The van der Waals surface area contributed by atoms with Gasteiger partial charge in [-0.05, 0) is 56.7 Å². The average molecular weight is 295 g/mol. The minimum Gasteiger partial charge on any atom is -0.310 e. The zero-order chi connectivity index (χ0) is 15.5. The fourth-order valence-electron chi connectivity index (χ4n) is 3.32. The predicted molar refractivity (Wildman–Crippen MR) is 83.9 cm³/mol. The Labute approximate surface area is 127 Å². The van der Waals surface area contributed by atoms with Crippen LogP contribution < -0.4 is 5.32 Å². The lowest BCUT2D eigenvalue weighted by atomic mass is 9.78. The molecule has 1 aromatic rings. The van der Waals surface area contributed by atoms with E-state index in [9.17, 15) is 8.78 Å². The number of hydrogen-bond donors (Lipinski definition) is 1. The second-order valence-corrected chi connectivity index (χ2v) is 6.49. The monoisotopic (exact) mass is 295 g/mol. The number of rotatable bonds is 5. The van der Waals surface area contributed by atoms with Crippen molar-refractivity contribution >= 4 is 0 Å². The van der Waals surface area contributed by atoms with Gasteiger partial charge in [-0.15, -0.1) is 0 Å². The summed E-state index contributed by atoms with van der Waals surface area (Å²) in [7, 11) is 0. The van der Waals surface area contributed by atoms with Crippen molar-refractivity contribution in [3.63, 3.8) is 0 Å². The Bertz CT molecular complexity index is 460. The Morgan fingerprint density at radius 2 is 1.90 bits per heavy atom. The minimum atomic E-state index is -2.45. The Hall–Kier alpha value is -0.960. The molecule has 3 heteroatoms. The van der Waals surface area contributed by atoms with Crippen LogP contribution in [0.15, 0.2) is 18.2 Å². The zero-order valence-corrected chi connectivity index (χ0v) is 13.4. The van der Waals surface area contributed by atoms with Crippen molar-refractivity contribution in [3.05, 3.63) is 34.9 Å². The van der Waals surface area contributed by atoms with Gasteiger partial charge in [-0.1, -0.05) is 30.7 Å². The maximum atomic E-state index is 13.4. The molecule has 1 N–H and O–H groups in total. The van der Waals surface area contributed by atoms with Crippen molar-refractivity contribution in [2.75, 3.05) is 6.54 Å². The lowest BCUT2D eigenvalue weighted by molar-refractivity contribution is -0.0497. The molecule has 21 heavy (non-hydrogen) atoms. The van der Waals surface area contributed by atoms with Gasteiger partial charge in [-0.3, -0.25) is 0 Å². The third-order valence-corrected chi connectivity index (χ3v) is 4.62. The topological polar surface area (TPSA) is 12.0 Å². The summed E-state index contributed by atoms with van der Waals surface area (Å²) >= 11 is 0. The summed E-state index contributed by atoms with van der Waals surface area (Å²) in [5, 5.41) is 3.61. The normalized spacial score (nSPS) is 20.4. The van der Waals surface area contributed by atoms with Crippen molar-refractivity contribution in [3.8, 4) is 0 Å². The van der Waals surface area contributed by atoms with E-state index in [-0.39, 0.29) is 18.9 Å². The standard InChI is InChI=1S/C18H27F2N/c1-4-11-21-17(15-7-9-18(19,20)10-8-15)16-12-13(2)5-6-14(16)3/h5-6,12,15,17,21H,4,7-11H2,1-3H3. The third kappa shape index (κ3) is 4.26. The van der Waals surface area contributed by atoms with Crippen LogP contribution in [0.2, 0.25) is 0 Å². The number of nitrogens with one attached hydrogen (secondary N) is 1. The third-order valence-electron chi connectivity index (χ3n) is 4.62. The van der Waals surface area contributed by atoms with Crippen molar-refractivity contribution in [2.24, 2.45) is 5.92 Å². The molecule has 0 heterocycles. The van der Waals surface area contributed by atoms with Crippen molar-refractivity contribution in [1.82, 2.24) is 5.32 Å². The Kier molecular flexibility index (Phi) is 5.37. The molecule has 118 valence electrons. The van der Waals surface area contributed by atoms with Crippen LogP contribution >= 0.6 is 0 Å². The maximum absolute atomic E-state index is 13.4. The molecule has 1 atom stereocenters. The Balaban J connectivity index is 2.20. The largest absolute Gasteiger partial charge is 0.310 e. The van der Waals surface area contributed by atoms with Crippen LogP contribution in [0.4, 0.5) is 8.78 Å². The molecular weight excluding hydrogens is 268 g/mol. The SMILES string of the molecule is CCCNC(c1cc(C)ccc1C)C1CCC(F)(F)CC1. The summed E-state index contributed by atoms with van der Waals surface area (Å²) in [4.78, 5) is 0. The van der Waals surface area contributed by atoms with Gasteiger partial charge in [0.05, 0.1) is 0 Å². The van der Waals surface area contributed by atoms with E-state index in [4.69, 9.17) is 0 Å². The smallest absolute Gasteiger partial charge is 0.248 e. The first kappa shape index (κ1) is 16.4. The molecule has 0 radical (unpaired) electrons. The van der Waals surface area contributed by atoms with Gasteiger partial charge < -0.3 is 5.32 Å². The molecule has 1 aliphatic carbocycles. The van der Waals surface area contributed by atoms with E-state index in [2.05, 4.69) is 44.3 Å². The molecule has 1 aromatic carbocycles. The first-order valence-corrected chi connectivity index (χ1v) is 8.11. The van der Waals surface area contributed by atoms with E-state index < -0.39 is 5.92 Å². The van der Waals surface area contributed by atoms with Crippen LogP contribution in [0, 0.1) is 19.8 Å². The highest BCUT2D eigenvalue weighted by Crippen LogP contribution is 2.42. The highest BCUT2D eigenvalue weighted by Gasteiger charge is 2.38. The molecule has 1 fully saturated rings. The quantitative estimate of drug-likeness (QED) is 0.790. The molecule has 2 rings (SSSR count). The van der Waals surface area contributed by atoms with Gasteiger partial charge in [0.25, 0.3) is 0 Å². The van der Waals surface area contributed by atoms with Gasteiger partial charge in [0.2, 0.25) is 5.92 Å². The summed E-state index contributed by atoms with van der Waals surface area (Å²) in [6.07, 6.45) is 2.35. The minimum absolute atomic E-state index is 0.0346. The number of benzene rings is 1. The second-order valence-electron chi connectivity index (χ2n) is 6.49. The molecule has 0 bridgehead atoms. The summed E-state index contributed by atoms with van der Waals surface area (Å²) in [6, 6.07) is 6.68. The van der Waals surface area contributed by atoms with Crippen LogP contribution in [-0.2, 0) is 0 Å². The fraction of sp³-hybridized carbons (Fsp3) is 0.667. The van der Waals surface area contributed by atoms with Crippen LogP contribution in [0.25, 0.3) is 0 Å². The molecule has 1 unspecified atom stereocenters. The van der Waals surface area contributed by atoms with Gasteiger partial charge in [0.15, 0.2) is 0 Å². The molecule has 1 saturated carbocycles. The number of hydrogen-bond acceptors (Lipinski definition) is 1.